The fourth-order valence-corrected chi connectivity index (χ4v) is 4.32. The van der Waals surface area contributed by atoms with Crippen molar-refractivity contribution in [3.05, 3.63) is 104 Å². The third-order valence-corrected chi connectivity index (χ3v) is 6.21. The number of halogens is 1. The van der Waals surface area contributed by atoms with E-state index in [1.807, 2.05) is 49.4 Å². The van der Waals surface area contributed by atoms with Crippen LogP contribution in [0.1, 0.15) is 27.0 Å². The second-order valence-electron chi connectivity index (χ2n) is 7.19. The predicted molar refractivity (Wildman–Crippen MR) is 128 cm³/mol. The molecule has 0 aliphatic carbocycles. The van der Waals surface area contributed by atoms with E-state index in [1.165, 1.54) is 4.90 Å². The van der Waals surface area contributed by atoms with Crippen LogP contribution in [0, 0.1) is 6.92 Å². The highest BCUT2D eigenvalue weighted by Crippen LogP contribution is 2.35. The molecule has 5 nitrogen and oxygen atoms in total. The van der Waals surface area contributed by atoms with Gasteiger partial charge in [-0.3, -0.25) is 14.5 Å². The molecule has 160 valence electrons. The van der Waals surface area contributed by atoms with E-state index >= 15 is 0 Å². The number of esters is 1. The number of hydrogen-bond acceptors (Lipinski definition) is 5. The van der Waals surface area contributed by atoms with Gasteiger partial charge in [-0.25, -0.2) is 4.79 Å². The topological polar surface area (TPSA) is 63.7 Å². The molecule has 1 aliphatic rings. The molecule has 1 saturated heterocycles. The van der Waals surface area contributed by atoms with Gasteiger partial charge in [0.1, 0.15) is 5.75 Å². The Kier molecular flexibility index (Phi) is 6.58. The molecule has 7 heteroatoms. The molecule has 1 fully saturated rings. The zero-order valence-electron chi connectivity index (χ0n) is 17.1. The summed E-state index contributed by atoms with van der Waals surface area (Å²) in [6, 6.07) is 21.5. The molecule has 4 rings (SSSR count). The number of benzene rings is 3. The molecule has 0 saturated carbocycles. The number of carbonyl (C=O) groups is 3. The van der Waals surface area contributed by atoms with E-state index < -0.39 is 5.97 Å². The number of ether oxygens (including phenoxy) is 1. The monoisotopic (exact) mass is 507 g/mol. The summed E-state index contributed by atoms with van der Waals surface area (Å²) in [6.45, 7) is 2.14. The Balaban J connectivity index is 1.59. The summed E-state index contributed by atoms with van der Waals surface area (Å²) in [5, 5.41) is -0.335. The molecule has 0 N–H and O–H groups in total. The molecule has 0 bridgehead atoms. The van der Waals surface area contributed by atoms with Gasteiger partial charge in [0.05, 0.1) is 17.0 Å². The van der Waals surface area contributed by atoms with Crippen molar-refractivity contribution in [2.24, 2.45) is 0 Å². The van der Waals surface area contributed by atoms with Crippen molar-refractivity contribution < 1.29 is 19.1 Å². The fraction of sp³-hybridized carbons (Fsp3) is 0.0800. The van der Waals surface area contributed by atoms with Crippen molar-refractivity contribution in [3.8, 4) is 5.75 Å². The summed E-state index contributed by atoms with van der Waals surface area (Å²) in [5.74, 6) is -0.576. The van der Waals surface area contributed by atoms with E-state index in [4.69, 9.17) is 4.74 Å². The van der Waals surface area contributed by atoms with E-state index in [0.717, 1.165) is 27.4 Å². The Morgan fingerprint density at radius 1 is 1.03 bits per heavy atom. The molecule has 32 heavy (non-hydrogen) atoms. The van der Waals surface area contributed by atoms with Crippen LogP contribution in [0.3, 0.4) is 0 Å². The number of nitrogens with zero attached hydrogens (tertiary/aromatic N) is 1. The van der Waals surface area contributed by atoms with Crippen LogP contribution in [0.25, 0.3) is 6.08 Å². The minimum atomic E-state index is -0.501. The normalized spacial score (nSPS) is 14.8. The Bertz CT molecular complexity index is 1220. The van der Waals surface area contributed by atoms with Crippen molar-refractivity contribution in [3.63, 3.8) is 0 Å². The zero-order valence-corrected chi connectivity index (χ0v) is 19.5. The number of carbonyl (C=O) groups excluding carboxylic acids is 3. The Labute approximate surface area is 198 Å². The van der Waals surface area contributed by atoms with Gasteiger partial charge in [-0.05, 0) is 60.7 Å². The van der Waals surface area contributed by atoms with Crippen LogP contribution in [0.15, 0.2) is 82.2 Å². The molecular formula is C25H18BrNO4S. The van der Waals surface area contributed by atoms with Gasteiger partial charge in [-0.15, -0.1) is 0 Å². The number of imide groups is 1. The minimum Gasteiger partial charge on any atom is -0.422 e. The van der Waals surface area contributed by atoms with Gasteiger partial charge in [0.2, 0.25) is 0 Å². The van der Waals surface area contributed by atoms with E-state index in [2.05, 4.69) is 15.9 Å². The van der Waals surface area contributed by atoms with Gasteiger partial charge in [-0.1, -0.05) is 64.0 Å². The highest BCUT2D eigenvalue weighted by atomic mass is 79.9. The third-order valence-electron chi connectivity index (χ3n) is 4.81. The number of amides is 2. The van der Waals surface area contributed by atoms with Crippen molar-refractivity contribution in [1.82, 2.24) is 4.90 Å². The molecule has 3 aromatic carbocycles. The molecule has 3 aromatic rings. The van der Waals surface area contributed by atoms with Crippen LogP contribution < -0.4 is 4.74 Å². The summed E-state index contributed by atoms with van der Waals surface area (Å²) >= 11 is 4.28. The average molecular weight is 508 g/mol. The Hall–Kier alpha value is -3.16. The Morgan fingerprint density at radius 3 is 2.47 bits per heavy atom. The molecule has 0 atom stereocenters. The number of rotatable bonds is 5. The molecule has 1 heterocycles. The summed E-state index contributed by atoms with van der Waals surface area (Å²) < 4.78 is 6.35. The maximum atomic E-state index is 12.9. The molecule has 2 amide bonds. The van der Waals surface area contributed by atoms with Crippen LogP contribution in [0.5, 0.6) is 5.75 Å². The van der Waals surface area contributed by atoms with Crippen molar-refractivity contribution in [2.75, 3.05) is 0 Å². The lowest BCUT2D eigenvalue weighted by Gasteiger charge is -2.12. The SMILES string of the molecule is Cc1ccc(C(=O)Oc2ccc(Br)cc2/C=C2\SC(=O)N(Cc3ccccc3)C2=O)cc1. The molecular weight excluding hydrogens is 490 g/mol. The highest BCUT2D eigenvalue weighted by molar-refractivity contribution is 9.10. The smallest absolute Gasteiger partial charge is 0.343 e. The lowest BCUT2D eigenvalue weighted by Crippen LogP contribution is -2.27. The van der Waals surface area contributed by atoms with Gasteiger partial charge >= 0.3 is 5.97 Å². The maximum Gasteiger partial charge on any atom is 0.343 e. The third kappa shape index (κ3) is 5.00. The van der Waals surface area contributed by atoms with Crippen LogP contribution in [-0.2, 0) is 11.3 Å². The first-order valence-corrected chi connectivity index (χ1v) is 11.4. The van der Waals surface area contributed by atoms with E-state index in [-0.39, 0.29) is 22.6 Å². The quantitative estimate of drug-likeness (QED) is 0.233. The first-order chi connectivity index (χ1) is 15.4. The van der Waals surface area contributed by atoms with Crippen LogP contribution in [-0.4, -0.2) is 22.0 Å². The second kappa shape index (κ2) is 9.54. The lowest BCUT2D eigenvalue weighted by atomic mass is 10.1. The largest absolute Gasteiger partial charge is 0.422 e. The minimum absolute atomic E-state index is 0.205. The zero-order chi connectivity index (χ0) is 22.7. The van der Waals surface area contributed by atoms with Crippen LogP contribution >= 0.6 is 27.7 Å². The molecule has 0 unspecified atom stereocenters. The number of thioether (sulfide) groups is 1. The van der Waals surface area contributed by atoms with Crippen molar-refractivity contribution >= 4 is 50.9 Å². The number of aryl methyl sites for hydroxylation is 1. The van der Waals surface area contributed by atoms with Crippen molar-refractivity contribution in [1.29, 1.82) is 0 Å². The van der Waals surface area contributed by atoms with Gasteiger partial charge < -0.3 is 4.74 Å². The average Bonchev–Trinajstić information content (AvgIpc) is 3.04. The Morgan fingerprint density at radius 2 is 1.75 bits per heavy atom. The predicted octanol–water partition coefficient (Wildman–Crippen LogP) is 6.21. The number of hydrogen-bond donors (Lipinski definition) is 0. The highest BCUT2D eigenvalue weighted by Gasteiger charge is 2.35. The van der Waals surface area contributed by atoms with Gasteiger partial charge in [0.15, 0.2) is 0 Å². The lowest BCUT2D eigenvalue weighted by molar-refractivity contribution is -0.123. The van der Waals surface area contributed by atoms with E-state index in [9.17, 15) is 14.4 Å². The van der Waals surface area contributed by atoms with Crippen LogP contribution in [0.4, 0.5) is 4.79 Å². The first-order valence-electron chi connectivity index (χ1n) is 9.78. The molecule has 0 radical (unpaired) electrons. The van der Waals surface area contributed by atoms with Gasteiger partial charge in [-0.2, -0.15) is 0 Å². The summed E-state index contributed by atoms with van der Waals surface area (Å²) in [6.07, 6.45) is 1.58. The summed E-state index contributed by atoms with van der Waals surface area (Å²) in [5.41, 5.74) is 2.85. The van der Waals surface area contributed by atoms with Gasteiger partial charge in [0.25, 0.3) is 11.1 Å². The summed E-state index contributed by atoms with van der Waals surface area (Å²) in [7, 11) is 0. The van der Waals surface area contributed by atoms with E-state index in [1.54, 1.807) is 36.4 Å². The fourth-order valence-electron chi connectivity index (χ4n) is 3.12. The standard InChI is InChI=1S/C25H18BrNO4S/c1-16-7-9-18(10-8-16)24(29)31-21-12-11-20(26)13-19(21)14-22-23(28)27(25(30)32-22)15-17-5-3-2-4-6-17/h2-14H,15H2,1H3/b22-14-. The second-order valence-corrected chi connectivity index (χ2v) is 9.10. The maximum absolute atomic E-state index is 12.9. The molecule has 0 aromatic heterocycles. The molecule has 0 spiro atoms. The van der Waals surface area contributed by atoms with E-state index in [0.29, 0.717) is 16.9 Å². The molecule has 1 aliphatic heterocycles. The van der Waals surface area contributed by atoms with Crippen LogP contribution in [0.2, 0.25) is 0 Å². The summed E-state index contributed by atoms with van der Waals surface area (Å²) in [4.78, 5) is 39.4. The first kappa shape index (κ1) is 22.0. The van der Waals surface area contributed by atoms with Crippen molar-refractivity contribution in [2.45, 2.75) is 13.5 Å². The van der Waals surface area contributed by atoms with Gasteiger partial charge in [0, 0.05) is 10.0 Å².